The second-order valence-electron chi connectivity index (χ2n) is 6.81. The Balaban J connectivity index is 1.83. The van der Waals surface area contributed by atoms with Gasteiger partial charge in [-0.2, -0.15) is 0 Å². The van der Waals surface area contributed by atoms with Crippen LogP contribution >= 0.6 is 11.3 Å². The number of hydrogen-bond acceptors (Lipinski definition) is 5. The summed E-state index contributed by atoms with van der Waals surface area (Å²) < 4.78 is 5.37. The molecule has 1 unspecified atom stereocenters. The van der Waals surface area contributed by atoms with E-state index in [1.54, 1.807) is 6.20 Å². The van der Waals surface area contributed by atoms with E-state index in [2.05, 4.69) is 30.9 Å². The van der Waals surface area contributed by atoms with Crippen LogP contribution in [-0.2, 0) is 5.41 Å². The zero-order valence-electron chi connectivity index (χ0n) is 13.4. The number of hydrogen-bond donors (Lipinski definition) is 0. The van der Waals surface area contributed by atoms with Crippen molar-refractivity contribution in [1.82, 2.24) is 15.0 Å². The van der Waals surface area contributed by atoms with E-state index in [1.165, 1.54) is 11.3 Å². The first-order valence-corrected chi connectivity index (χ1v) is 8.38. The topological polar surface area (TPSA) is 59.2 Å². The van der Waals surface area contributed by atoms with Gasteiger partial charge >= 0.3 is 0 Å². The van der Waals surface area contributed by atoms with Gasteiger partial charge in [-0.25, -0.2) is 4.98 Å². The molecule has 0 saturated carbocycles. The Kier molecular flexibility index (Phi) is 3.80. The summed E-state index contributed by atoms with van der Waals surface area (Å²) in [7, 11) is 0. The van der Waals surface area contributed by atoms with Crippen molar-refractivity contribution in [2.24, 2.45) is 0 Å². The van der Waals surface area contributed by atoms with Gasteiger partial charge in [0, 0.05) is 18.0 Å². The van der Waals surface area contributed by atoms with E-state index in [4.69, 9.17) is 4.52 Å². The molecule has 1 atom stereocenters. The average Bonchev–Trinajstić information content (AvgIpc) is 3.16. The Hall–Kier alpha value is -1.69. The highest BCUT2D eigenvalue weighted by Gasteiger charge is 2.34. The Bertz CT molecular complexity index is 684. The third kappa shape index (κ3) is 2.79. The van der Waals surface area contributed by atoms with E-state index in [1.807, 2.05) is 17.9 Å². The number of thiazole rings is 1. The van der Waals surface area contributed by atoms with Gasteiger partial charge in [0.2, 0.25) is 0 Å². The molecule has 3 rings (SSSR count). The van der Waals surface area contributed by atoms with Gasteiger partial charge in [0.1, 0.15) is 4.88 Å². The highest BCUT2D eigenvalue weighted by Crippen LogP contribution is 2.35. The minimum atomic E-state index is -0.0321. The molecule has 2 aromatic heterocycles. The van der Waals surface area contributed by atoms with Crippen molar-refractivity contribution in [1.29, 1.82) is 0 Å². The monoisotopic (exact) mass is 319 g/mol. The van der Waals surface area contributed by atoms with Gasteiger partial charge < -0.3 is 9.42 Å². The van der Waals surface area contributed by atoms with E-state index in [0.717, 1.165) is 35.8 Å². The molecule has 0 aliphatic carbocycles. The second kappa shape index (κ2) is 5.50. The summed E-state index contributed by atoms with van der Waals surface area (Å²) >= 11 is 1.49. The molecule has 1 fully saturated rings. The molecule has 0 radical (unpaired) electrons. The molecule has 1 amide bonds. The van der Waals surface area contributed by atoms with E-state index in [-0.39, 0.29) is 17.4 Å². The van der Waals surface area contributed by atoms with Gasteiger partial charge in [-0.1, -0.05) is 25.9 Å². The van der Waals surface area contributed by atoms with E-state index >= 15 is 0 Å². The van der Waals surface area contributed by atoms with Crippen LogP contribution in [0.15, 0.2) is 16.8 Å². The van der Waals surface area contributed by atoms with Crippen LogP contribution in [0.25, 0.3) is 0 Å². The molecule has 3 heterocycles. The Morgan fingerprint density at radius 3 is 2.82 bits per heavy atom. The highest BCUT2D eigenvalue weighted by molar-refractivity contribution is 7.13. The molecule has 22 heavy (non-hydrogen) atoms. The minimum Gasteiger partial charge on any atom is -0.359 e. The molecule has 6 heteroatoms. The highest BCUT2D eigenvalue weighted by atomic mass is 32.1. The molecule has 1 saturated heterocycles. The molecule has 118 valence electrons. The third-order valence-corrected chi connectivity index (χ3v) is 5.26. The van der Waals surface area contributed by atoms with Crippen LogP contribution in [-0.4, -0.2) is 27.5 Å². The molecule has 2 aromatic rings. The summed E-state index contributed by atoms with van der Waals surface area (Å²) in [6.07, 6.45) is 3.61. The lowest BCUT2D eigenvalue weighted by molar-refractivity contribution is 0.0719. The molecule has 0 N–H and O–H groups in total. The fourth-order valence-corrected chi connectivity index (χ4v) is 3.64. The van der Waals surface area contributed by atoms with Crippen LogP contribution in [0, 0.1) is 6.92 Å². The number of amides is 1. The van der Waals surface area contributed by atoms with Crippen molar-refractivity contribution < 1.29 is 9.32 Å². The second-order valence-corrected chi connectivity index (χ2v) is 7.84. The Morgan fingerprint density at radius 2 is 2.23 bits per heavy atom. The molecular formula is C16H21N3O2S. The zero-order valence-corrected chi connectivity index (χ0v) is 14.2. The average molecular weight is 319 g/mol. The van der Waals surface area contributed by atoms with E-state index in [9.17, 15) is 4.79 Å². The van der Waals surface area contributed by atoms with Gasteiger partial charge in [-0.15, -0.1) is 11.3 Å². The Labute approximate surface area is 134 Å². The number of likely N-dealkylation sites (tertiary alicyclic amines) is 1. The van der Waals surface area contributed by atoms with Crippen molar-refractivity contribution in [2.45, 2.75) is 52.0 Å². The molecule has 0 aromatic carbocycles. The number of rotatable bonds is 2. The van der Waals surface area contributed by atoms with Crippen molar-refractivity contribution in [3.05, 3.63) is 33.6 Å². The maximum atomic E-state index is 12.8. The predicted molar refractivity (Wildman–Crippen MR) is 85.1 cm³/mol. The lowest BCUT2D eigenvalue weighted by Gasteiger charge is -2.21. The summed E-state index contributed by atoms with van der Waals surface area (Å²) in [5.41, 5.74) is 0.817. The van der Waals surface area contributed by atoms with Crippen molar-refractivity contribution >= 4 is 17.2 Å². The molecule has 1 aliphatic rings. The first-order chi connectivity index (χ1) is 10.4. The zero-order chi connectivity index (χ0) is 15.9. The van der Waals surface area contributed by atoms with Gasteiger partial charge in [-0.05, 0) is 19.8 Å². The SMILES string of the molecule is Cc1cc(C2CCCN2C(=O)c2cnc(C(C)(C)C)s2)on1. The Morgan fingerprint density at radius 1 is 1.45 bits per heavy atom. The lowest BCUT2D eigenvalue weighted by atomic mass is 9.98. The van der Waals surface area contributed by atoms with Crippen LogP contribution in [0.3, 0.4) is 0 Å². The first-order valence-electron chi connectivity index (χ1n) is 7.57. The fourth-order valence-electron chi connectivity index (χ4n) is 2.71. The van der Waals surface area contributed by atoms with E-state index < -0.39 is 0 Å². The van der Waals surface area contributed by atoms with E-state index in [0.29, 0.717) is 4.88 Å². The summed E-state index contributed by atoms with van der Waals surface area (Å²) in [5, 5.41) is 4.93. The normalized spacial score (nSPS) is 18.9. The van der Waals surface area contributed by atoms with Crippen LogP contribution in [0.5, 0.6) is 0 Å². The van der Waals surface area contributed by atoms with Crippen LogP contribution in [0.1, 0.15) is 65.8 Å². The van der Waals surface area contributed by atoms with Crippen molar-refractivity contribution in [2.75, 3.05) is 6.54 Å². The molecule has 0 bridgehead atoms. The molecule has 5 nitrogen and oxygen atoms in total. The number of carbonyl (C=O) groups is 1. The largest absolute Gasteiger partial charge is 0.359 e. The van der Waals surface area contributed by atoms with Crippen molar-refractivity contribution in [3.8, 4) is 0 Å². The summed E-state index contributed by atoms with van der Waals surface area (Å²) in [4.78, 5) is 19.8. The quantitative estimate of drug-likeness (QED) is 0.846. The van der Waals surface area contributed by atoms with Crippen LogP contribution < -0.4 is 0 Å². The minimum absolute atomic E-state index is 0.00566. The summed E-state index contributed by atoms with van der Waals surface area (Å²) in [5.74, 6) is 0.827. The number of aryl methyl sites for hydroxylation is 1. The number of carbonyl (C=O) groups excluding carboxylic acids is 1. The predicted octanol–water partition coefficient (Wildman–Crippen LogP) is 3.71. The summed E-state index contributed by atoms with van der Waals surface area (Å²) in [6.45, 7) is 8.97. The molecule has 0 spiro atoms. The maximum absolute atomic E-state index is 12.8. The van der Waals surface area contributed by atoms with Crippen LogP contribution in [0.2, 0.25) is 0 Å². The number of nitrogens with zero attached hydrogens (tertiary/aromatic N) is 3. The van der Waals surface area contributed by atoms with Gasteiger partial charge in [0.15, 0.2) is 5.76 Å². The smallest absolute Gasteiger partial charge is 0.266 e. The van der Waals surface area contributed by atoms with Gasteiger partial charge in [0.25, 0.3) is 5.91 Å². The van der Waals surface area contributed by atoms with Crippen LogP contribution in [0.4, 0.5) is 0 Å². The van der Waals surface area contributed by atoms with Gasteiger partial charge in [0.05, 0.1) is 22.9 Å². The number of aromatic nitrogens is 2. The third-order valence-electron chi connectivity index (χ3n) is 3.85. The summed E-state index contributed by atoms with van der Waals surface area (Å²) in [6, 6.07) is 1.91. The van der Waals surface area contributed by atoms with Crippen molar-refractivity contribution in [3.63, 3.8) is 0 Å². The standard InChI is InChI=1S/C16H21N3O2S/c1-10-8-12(21-18-10)11-6-5-7-19(11)14(20)13-9-17-15(22-13)16(2,3)4/h8-9,11H,5-7H2,1-4H3. The first kappa shape index (κ1) is 15.2. The fraction of sp³-hybridized carbons (Fsp3) is 0.562. The lowest BCUT2D eigenvalue weighted by Crippen LogP contribution is -2.29. The molecule has 1 aliphatic heterocycles. The molecular weight excluding hydrogens is 298 g/mol. The maximum Gasteiger partial charge on any atom is 0.266 e. The van der Waals surface area contributed by atoms with Gasteiger partial charge in [-0.3, -0.25) is 4.79 Å².